The molecule has 0 aliphatic carbocycles. The first kappa shape index (κ1) is 19.9. The van der Waals surface area contributed by atoms with Crippen molar-refractivity contribution in [1.29, 1.82) is 0 Å². The third-order valence-electron chi connectivity index (χ3n) is 5.57. The van der Waals surface area contributed by atoms with Crippen molar-refractivity contribution in [2.45, 2.75) is 32.2 Å². The van der Waals surface area contributed by atoms with E-state index in [9.17, 15) is 14.4 Å². The van der Waals surface area contributed by atoms with Crippen molar-refractivity contribution < 1.29 is 14.4 Å². The second-order valence-electron chi connectivity index (χ2n) is 7.74. The molecule has 2 aromatic carbocycles. The van der Waals surface area contributed by atoms with Crippen molar-refractivity contribution in [3.05, 3.63) is 59.7 Å². The van der Waals surface area contributed by atoms with Crippen LogP contribution in [0.4, 0.5) is 16.2 Å². The maximum atomic E-state index is 12.7. The molecule has 0 bridgehead atoms. The summed E-state index contributed by atoms with van der Waals surface area (Å²) in [5.41, 5.74) is 3.22. The number of amides is 4. The first-order valence-electron chi connectivity index (χ1n) is 10.4. The second kappa shape index (κ2) is 8.98. The molecule has 156 valence electrons. The van der Waals surface area contributed by atoms with Gasteiger partial charge in [-0.2, -0.15) is 0 Å². The number of rotatable bonds is 5. The Kier molecular flexibility index (Phi) is 5.97. The fourth-order valence-electron chi connectivity index (χ4n) is 3.87. The largest absolute Gasteiger partial charge is 0.371 e. The van der Waals surface area contributed by atoms with Crippen molar-refractivity contribution in [2.75, 3.05) is 29.9 Å². The van der Waals surface area contributed by atoms with Crippen molar-refractivity contribution >= 4 is 29.2 Å². The van der Waals surface area contributed by atoms with Gasteiger partial charge in [0.15, 0.2) is 0 Å². The van der Waals surface area contributed by atoms with Crippen LogP contribution in [0.2, 0.25) is 0 Å². The minimum Gasteiger partial charge on any atom is -0.371 e. The van der Waals surface area contributed by atoms with E-state index in [0.29, 0.717) is 5.56 Å². The summed E-state index contributed by atoms with van der Waals surface area (Å²) < 4.78 is 0. The van der Waals surface area contributed by atoms with E-state index in [-0.39, 0.29) is 30.9 Å². The van der Waals surface area contributed by atoms with Crippen LogP contribution >= 0.6 is 0 Å². The zero-order valence-corrected chi connectivity index (χ0v) is 16.9. The van der Waals surface area contributed by atoms with Crippen molar-refractivity contribution in [3.8, 4) is 0 Å². The fourth-order valence-corrected chi connectivity index (χ4v) is 3.87. The molecule has 7 heteroatoms. The molecule has 2 aliphatic heterocycles. The maximum absolute atomic E-state index is 12.7. The van der Waals surface area contributed by atoms with E-state index < -0.39 is 0 Å². The predicted octanol–water partition coefficient (Wildman–Crippen LogP) is 3.37. The van der Waals surface area contributed by atoms with E-state index in [2.05, 4.69) is 21.6 Å². The van der Waals surface area contributed by atoms with Crippen LogP contribution in [0.3, 0.4) is 0 Å². The summed E-state index contributed by atoms with van der Waals surface area (Å²) in [7, 11) is 0. The summed E-state index contributed by atoms with van der Waals surface area (Å²) in [5, 5.41) is 5.46. The number of nitrogens with one attached hydrogen (secondary N) is 2. The standard InChI is InChI=1S/C23H26N4O3/c28-21-15-24-23(30)27(21)16-17-8-10-18(11-9-17)22(29)25-19-6-5-7-20(14-19)26-12-3-1-2-4-13-26/h5-11,14H,1-4,12-13,15-16H2,(H,24,30)(H,25,29). The highest BCUT2D eigenvalue weighted by molar-refractivity contribution is 6.04. The number of urea groups is 1. The Morgan fingerprint density at radius 3 is 2.37 bits per heavy atom. The highest BCUT2D eigenvalue weighted by Gasteiger charge is 2.28. The zero-order valence-electron chi connectivity index (χ0n) is 16.9. The van der Waals surface area contributed by atoms with Crippen molar-refractivity contribution in [2.24, 2.45) is 0 Å². The molecule has 0 radical (unpaired) electrons. The Morgan fingerprint density at radius 1 is 0.967 bits per heavy atom. The van der Waals surface area contributed by atoms with Crippen molar-refractivity contribution in [1.82, 2.24) is 10.2 Å². The van der Waals surface area contributed by atoms with Gasteiger partial charge in [0.2, 0.25) is 5.91 Å². The van der Waals surface area contributed by atoms with Gasteiger partial charge in [-0.15, -0.1) is 0 Å². The summed E-state index contributed by atoms with van der Waals surface area (Å²) in [4.78, 5) is 39.6. The number of carbonyl (C=O) groups is 3. The Balaban J connectivity index is 1.39. The molecule has 2 N–H and O–H groups in total. The molecule has 4 amide bonds. The van der Waals surface area contributed by atoms with E-state index >= 15 is 0 Å². The molecular formula is C23H26N4O3. The molecular weight excluding hydrogens is 380 g/mol. The van der Waals surface area contributed by atoms with Gasteiger partial charge in [0.25, 0.3) is 5.91 Å². The Hall–Kier alpha value is -3.35. The molecule has 0 atom stereocenters. The van der Waals surface area contributed by atoms with Crippen LogP contribution in [-0.4, -0.2) is 42.4 Å². The first-order valence-corrected chi connectivity index (χ1v) is 10.4. The van der Waals surface area contributed by atoms with Gasteiger partial charge in [0.05, 0.1) is 13.1 Å². The van der Waals surface area contributed by atoms with Gasteiger partial charge in [-0.3, -0.25) is 14.5 Å². The lowest BCUT2D eigenvalue weighted by Gasteiger charge is -2.23. The molecule has 0 spiro atoms. The highest BCUT2D eigenvalue weighted by Crippen LogP contribution is 2.23. The first-order chi connectivity index (χ1) is 14.6. The minimum atomic E-state index is -0.383. The Bertz CT molecular complexity index is 918. The normalized spacial score (nSPS) is 16.9. The minimum absolute atomic E-state index is 0.0375. The number of hydrogen-bond donors (Lipinski definition) is 2. The van der Waals surface area contributed by atoms with Crippen LogP contribution in [0.15, 0.2) is 48.5 Å². The van der Waals surface area contributed by atoms with Gasteiger partial charge in [0, 0.05) is 30.0 Å². The topological polar surface area (TPSA) is 81.8 Å². The summed E-state index contributed by atoms with van der Waals surface area (Å²) in [6, 6.07) is 14.5. The monoisotopic (exact) mass is 406 g/mol. The second-order valence-corrected chi connectivity index (χ2v) is 7.74. The number of anilines is 2. The van der Waals surface area contributed by atoms with Gasteiger partial charge >= 0.3 is 6.03 Å². The smallest absolute Gasteiger partial charge is 0.324 e. The lowest BCUT2D eigenvalue weighted by atomic mass is 10.1. The molecule has 2 aromatic rings. The molecule has 7 nitrogen and oxygen atoms in total. The molecule has 0 saturated carbocycles. The van der Waals surface area contributed by atoms with Gasteiger partial charge in [-0.25, -0.2) is 4.79 Å². The van der Waals surface area contributed by atoms with Gasteiger partial charge in [0.1, 0.15) is 0 Å². The number of hydrogen-bond acceptors (Lipinski definition) is 4. The quantitative estimate of drug-likeness (QED) is 0.746. The van der Waals surface area contributed by atoms with Gasteiger partial charge in [-0.05, 0) is 48.7 Å². The highest BCUT2D eigenvalue weighted by atomic mass is 16.2. The molecule has 4 rings (SSSR count). The molecule has 2 heterocycles. The molecule has 2 aliphatic rings. The number of carbonyl (C=O) groups excluding carboxylic acids is 3. The van der Waals surface area contributed by atoms with Crippen LogP contribution < -0.4 is 15.5 Å². The van der Waals surface area contributed by atoms with E-state index in [4.69, 9.17) is 0 Å². The van der Waals surface area contributed by atoms with Crippen LogP contribution in [-0.2, 0) is 11.3 Å². The lowest BCUT2D eigenvalue weighted by Crippen LogP contribution is -2.30. The summed E-state index contributed by atoms with van der Waals surface area (Å²) in [6.45, 7) is 2.34. The third kappa shape index (κ3) is 4.62. The van der Waals surface area contributed by atoms with Crippen LogP contribution in [0.1, 0.15) is 41.6 Å². The van der Waals surface area contributed by atoms with Crippen LogP contribution in [0.25, 0.3) is 0 Å². The number of imide groups is 1. The van der Waals surface area contributed by atoms with E-state index in [1.165, 1.54) is 30.6 Å². The molecule has 0 unspecified atom stereocenters. The predicted molar refractivity (Wildman–Crippen MR) is 115 cm³/mol. The molecule has 0 aromatic heterocycles. The maximum Gasteiger partial charge on any atom is 0.324 e. The Labute approximate surface area is 176 Å². The molecule has 30 heavy (non-hydrogen) atoms. The average molecular weight is 406 g/mol. The van der Waals surface area contributed by atoms with Crippen molar-refractivity contribution in [3.63, 3.8) is 0 Å². The van der Waals surface area contributed by atoms with Crippen LogP contribution in [0, 0.1) is 0 Å². The summed E-state index contributed by atoms with van der Waals surface area (Å²) in [5.74, 6) is -0.435. The number of nitrogens with zero attached hydrogens (tertiary/aromatic N) is 2. The van der Waals surface area contributed by atoms with E-state index in [1.807, 2.05) is 18.2 Å². The summed E-state index contributed by atoms with van der Waals surface area (Å²) >= 11 is 0. The zero-order chi connectivity index (χ0) is 20.9. The number of benzene rings is 2. The average Bonchev–Trinajstić information content (AvgIpc) is 2.96. The summed E-state index contributed by atoms with van der Waals surface area (Å²) in [6.07, 6.45) is 4.96. The SMILES string of the molecule is O=C(Nc1cccc(N2CCCCCC2)c1)c1ccc(CN2C(=O)CNC2=O)cc1. The van der Waals surface area contributed by atoms with Crippen LogP contribution in [0.5, 0.6) is 0 Å². The van der Waals surface area contributed by atoms with E-state index in [1.54, 1.807) is 24.3 Å². The van der Waals surface area contributed by atoms with Gasteiger partial charge in [-0.1, -0.05) is 31.0 Å². The Morgan fingerprint density at radius 2 is 1.70 bits per heavy atom. The third-order valence-corrected chi connectivity index (χ3v) is 5.57. The lowest BCUT2D eigenvalue weighted by molar-refractivity contribution is -0.125. The molecule has 2 fully saturated rings. The van der Waals surface area contributed by atoms with Gasteiger partial charge < -0.3 is 15.5 Å². The molecule has 2 saturated heterocycles. The van der Waals surface area contributed by atoms with E-state index in [0.717, 1.165) is 30.0 Å². The fraction of sp³-hybridized carbons (Fsp3) is 0.348.